The molecule has 1 fully saturated rings. The van der Waals surface area contributed by atoms with E-state index < -0.39 is 0 Å². The number of amides is 1. The van der Waals surface area contributed by atoms with Crippen LogP contribution in [0.15, 0.2) is 41.4 Å². The molecule has 1 amide bonds. The Morgan fingerprint density at radius 2 is 2.03 bits per heavy atom. The molecule has 0 spiro atoms. The molecule has 4 rings (SSSR count). The first-order chi connectivity index (χ1) is 15.1. The van der Waals surface area contributed by atoms with E-state index in [-0.39, 0.29) is 5.91 Å². The van der Waals surface area contributed by atoms with Gasteiger partial charge in [-0.05, 0) is 44.0 Å². The van der Waals surface area contributed by atoms with Crippen molar-refractivity contribution in [1.29, 1.82) is 0 Å². The summed E-state index contributed by atoms with van der Waals surface area (Å²) in [6.07, 6.45) is 5.89. The van der Waals surface area contributed by atoms with Crippen LogP contribution >= 0.6 is 23.1 Å². The van der Waals surface area contributed by atoms with Gasteiger partial charge in [0.15, 0.2) is 0 Å². The molecule has 0 aliphatic heterocycles. The van der Waals surface area contributed by atoms with Gasteiger partial charge in [0, 0.05) is 11.6 Å². The van der Waals surface area contributed by atoms with Gasteiger partial charge in [0.2, 0.25) is 5.91 Å². The van der Waals surface area contributed by atoms with Gasteiger partial charge in [-0.15, -0.1) is 21.5 Å². The summed E-state index contributed by atoms with van der Waals surface area (Å²) < 4.78 is 5.32. The molecule has 2 aromatic heterocycles. The first-order valence-corrected chi connectivity index (χ1v) is 12.3. The number of thiazole rings is 1. The van der Waals surface area contributed by atoms with E-state index in [1.54, 1.807) is 18.4 Å². The second-order valence-electron chi connectivity index (χ2n) is 7.61. The van der Waals surface area contributed by atoms with Crippen LogP contribution in [0, 0.1) is 6.92 Å². The van der Waals surface area contributed by atoms with Gasteiger partial charge in [0.05, 0.1) is 23.4 Å². The molecule has 1 aliphatic carbocycles. The smallest absolute Gasteiger partial charge is 0.230 e. The fourth-order valence-corrected chi connectivity index (χ4v) is 5.34. The predicted molar refractivity (Wildman–Crippen MR) is 126 cm³/mol. The lowest BCUT2D eigenvalue weighted by molar-refractivity contribution is -0.119. The average molecular weight is 455 g/mol. The van der Waals surface area contributed by atoms with Gasteiger partial charge in [-0.1, -0.05) is 43.2 Å². The maximum absolute atomic E-state index is 12.2. The second-order valence-corrected chi connectivity index (χ2v) is 9.61. The molecule has 1 N–H and O–H groups in total. The third kappa shape index (κ3) is 5.62. The van der Waals surface area contributed by atoms with Gasteiger partial charge in [0.1, 0.15) is 21.5 Å². The van der Waals surface area contributed by atoms with Crippen molar-refractivity contribution in [1.82, 2.24) is 20.5 Å². The third-order valence-electron chi connectivity index (χ3n) is 5.31. The number of benzene rings is 1. The summed E-state index contributed by atoms with van der Waals surface area (Å²) >= 11 is 3.01. The highest BCUT2D eigenvalue weighted by Gasteiger charge is 2.17. The standard InChI is InChI=1S/C23H26N4O2S2/c1-15-22(31-23(24-15)16-7-6-10-18(13-16)29-2)19-11-12-21(27-26-19)30-14-20(28)25-17-8-4-3-5-9-17/h6-7,10-13,17H,3-5,8-9,14H2,1-2H3,(H,25,28). The molecular weight excluding hydrogens is 428 g/mol. The minimum absolute atomic E-state index is 0.0732. The predicted octanol–water partition coefficient (Wildman–Crippen LogP) is 5.13. The largest absolute Gasteiger partial charge is 0.497 e. The fourth-order valence-electron chi connectivity index (χ4n) is 3.69. The van der Waals surface area contributed by atoms with Crippen LogP contribution in [0.1, 0.15) is 37.8 Å². The summed E-state index contributed by atoms with van der Waals surface area (Å²) in [5, 5.41) is 13.5. The number of hydrogen-bond donors (Lipinski definition) is 1. The normalized spacial score (nSPS) is 14.4. The highest BCUT2D eigenvalue weighted by molar-refractivity contribution is 7.99. The van der Waals surface area contributed by atoms with E-state index in [4.69, 9.17) is 9.72 Å². The average Bonchev–Trinajstić information content (AvgIpc) is 3.20. The van der Waals surface area contributed by atoms with E-state index in [9.17, 15) is 4.79 Å². The van der Waals surface area contributed by atoms with Crippen molar-refractivity contribution < 1.29 is 9.53 Å². The molecule has 8 heteroatoms. The van der Waals surface area contributed by atoms with Gasteiger partial charge < -0.3 is 10.1 Å². The number of carbonyl (C=O) groups is 1. The molecule has 6 nitrogen and oxygen atoms in total. The van der Waals surface area contributed by atoms with Crippen molar-refractivity contribution in [2.24, 2.45) is 0 Å². The Bertz CT molecular complexity index is 1030. The van der Waals surface area contributed by atoms with Crippen LogP contribution in [0.3, 0.4) is 0 Å². The Morgan fingerprint density at radius 1 is 1.19 bits per heavy atom. The van der Waals surface area contributed by atoms with Crippen LogP contribution in [0.25, 0.3) is 21.1 Å². The Balaban J connectivity index is 1.39. The van der Waals surface area contributed by atoms with Gasteiger partial charge in [-0.25, -0.2) is 4.98 Å². The number of aromatic nitrogens is 3. The quantitative estimate of drug-likeness (QED) is 0.499. The van der Waals surface area contributed by atoms with E-state index in [0.717, 1.165) is 50.5 Å². The van der Waals surface area contributed by atoms with E-state index in [2.05, 4.69) is 15.5 Å². The number of nitrogens with zero attached hydrogens (tertiary/aromatic N) is 3. The molecular formula is C23H26N4O2S2. The maximum Gasteiger partial charge on any atom is 0.230 e. The first kappa shape index (κ1) is 21.8. The van der Waals surface area contributed by atoms with Crippen molar-refractivity contribution in [2.45, 2.75) is 50.1 Å². The Morgan fingerprint density at radius 3 is 2.77 bits per heavy atom. The van der Waals surface area contributed by atoms with Crippen LogP contribution in [0.4, 0.5) is 0 Å². The SMILES string of the molecule is COc1cccc(-c2nc(C)c(-c3ccc(SCC(=O)NC4CCCCC4)nn3)s2)c1. The zero-order valence-corrected chi connectivity index (χ0v) is 19.4. The molecule has 31 heavy (non-hydrogen) atoms. The van der Waals surface area contributed by atoms with E-state index in [0.29, 0.717) is 11.8 Å². The summed E-state index contributed by atoms with van der Waals surface area (Å²) in [6.45, 7) is 1.98. The van der Waals surface area contributed by atoms with Crippen LogP contribution < -0.4 is 10.1 Å². The summed E-state index contributed by atoms with van der Waals surface area (Å²) in [6, 6.07) is 12.1. The van der Waals surface area contributed by atoms with Gasteiger partial charge in [-0.2, -0.15) is 0 Å². The first-order valence-electron chi connectivity index (χ1n) is 10.5. The third-order valence-corrected chi connectivity index (χ3v) is 7.46. The molecule has 0 saturated heterocycles. The van der Waals surface area contributed by atoms with Crippen molar-refractivity contribution >= 4 is 29.0 Å². The molecule has 0 radical (unpaired) electrons. The number of ether oxygens (including phenoxy) is 1. The summed E-state index contributed by atoms with van der Waals surface area (Å²) in [4.78, 5) is 17.9. The molecule has 0 atom stereocenters. The number of carbonyl (C=O) groups excluding carboxylic acids is 1. The lowest BCUT2D eigenvalue weighted by Crippen LogP contribution is -2.37. The molecule has 0 unspecified atom stereocenters. The van der Waals surface area contributed by atoms with Crippen LogP contribution in [0.2, 0.25) is 0 Å². The second kappa shape index (κ2) is 10.2. The van der Waals surface area contributed by atoms with E-state index in [1.165, 1.54) is 31.0 Å². The number of rotatable bonds is 7. The zero-order chi connectivity index (χ0) is 21.6. The Kier molecular flexibility index (Phi) is 7.19. The van der Waals surface area contributed by atoms with Crippen molar-refractivity contribution in [3.05, 3.63) is 42.1 Å². The zero-order valence-electron chi connectivity index (χ0n) is 17.8. The monoisotopic (exact) mass is 454 g/mol. The van der Waals surface area contributed by atoms with Crippen molar-refractivity contribution in [3.8, 4) is 26.9 Å². The Labute approximate surface area is 190 Å². The molecule has 3 aromatic rings. The molecule has 162 valence electrons. The maximum atomic E-state index is 12.2. The van der Waals surface area contributed by atoms with Gasteiger partial charge >= 0.3 is 0 Å². The molecule has 1 aromatic carbocycles. The number of hydrogen-bond acceptors (Lipinski definition) is 7. The molecule has 1 saturated carbocycles. The Hall–Kier alpha value is -2.45. The lowest BCUT2D eigenvalue weighted by atomic mass is 9.95. The fraction of sp³-hybridized carbons (Fsp3) is 0.391. The minimum atomic E-state index is 0.0732. The van der Waals surface area contributed by atoms with Crippen LogP contribution in [-0.2, 0) is 4.79 Å². The van der Waals surface area contributed by atoms with Crippen molar-refractivity contribution in [2.75, 3.05) is 12.9 Å². The summed E-state index contributed by atoms with van der Waals surface area (Å²) in [5.74, 6) is 1.24. The summed E-state index contributed by atoms with van der Waals surface area (Å²) in [5.41, 5.74) is 2.73. The van der Waals surface area contributed by atoms with Crippen molar-refractivity contribution in [3.63, 3.8) is 0 Å². The van der Waals surface area contributed by atoms with Gasteiger partial charge in [-0.3, -0.25) is 4.79 Å². The van der Waals surface area contributed by atoms with Crippen LogP contribution in [0.5, 0.6) is 5.75 Å². The highest BCUT2D eigenvalue weighted by Crippen LogP contribution is 2.35. The van der Waals surface area contributed by atoms with Crippen LogP contribution in [-0.4, -0.2) is 40.0 Å². The number of aryl methyl sites for hydroxylation is 1. The summed E-state index contributed by atoms with van der Waals surface area (Å²) in [7, 11) is 1.66. The molecule has 0 bridgehead atoms. The lowest BCUT2D eigenvalue weighted by Gasteiger charge is -2.22. The van der Waals surface area contributed by atoms with Gasteiger partial charge in [0.25, 0.3) is 0 Å². The number of nitrogens with one attached hydrogen (secondary N) is 1. The topological polar surface area (TPSA) is 77.0 Å². The minimum Gasteiger partial charge on any atom is -0.497 e. The highest BCUT2D eigenvalue weighted by atomic mass is 32.2. The van der Waals surface area contributed by atoms with E-state index >= 15 is 0 Å². The number of methoxy groups -OCH3 is 1. The number of thioether (sulfide) groups is 1. The molecule has 2 heterocycles. The van der Waals surface area contributed by atoms with E-state index in [1.807, 2.05) is 43.3 Å². The molecule has 1 aliphatic rings.